The Hall–Kier alpha value is -2.40. The lowest BCUT2D eigenvalue weighted by Gasteiger charge is -2.43. The summed E-state index contributed by atoms with van der Waals surface area (Å²) in [4.78, 5) is 11.1. The predicted molar refractivity (Wildman–Crippen MR) is 87.3 cm³/mol. The maximum Gasteiger partial charge on any atom is 0.274 e. The number of nitrogens with zero attached hydrogens (tertiary/aromatic N) is 1. The van der Waals surface area contributed by atoms with Gasteiger partial charge in [0.1, 0.15) is 0 Å². The number of hydrogen-bond donors (Lipinski definition) is 1. The van der Waals surface area contributed by atoms with E-state index < -0.39 is 0 Å². The fourth-order valence-electron chi connectivity index (χ4n) is 3.84. The van der Waals surface area contributed by atoms with Crippen LogP contribution in [0.3, 0.4) is 0 Å². The minimum atomic E-state index is -0.295. The van der Waals surface area contributed by atoms with E-state index in [-0.39, 0.29) is 28.7 Å². The molecule has 0 spiro atoms. The van der Waals surface area contributed by atoms with E-state index >= 15 is 0 Å². The van der Waals surface area contributed by atoms with Crippen molar-refractivity contribution in [3.05, 3.63) is 69.8 Å². The van der Waals surface area contributed by atoms with Crippen molar-refractivity contribution in [1.82, 2.24) is 0 Å². The van der Waals surface area contributed by atoms with Gasteiger partial charge >= 0.3 is 0 Å². The molecule has 0 aliphatic carbocycles. The Morgan fingerprint density at radius 3 is 2.65 bits per heavy atom. The normalized spacial score (nSPS) is 25.8. The molecular weight excluding hydrogens is 292 g/mol. The lowest BCUT2D eigenvalue weighted by atomic mass is 9.77. The monoisotopic (exact) mass is 310 g/mol. The Bertz CT molecular complexity index is 747. The van der Waals surface area contributed by atoms with Crippen LogP contribution in [0.1, 0.15) is 36.1 Å². The summed E-state index contributed by atoms with van der Waals surface area (Å²) in [5, 5.41) is 14.9. The zero-order chi connectivity index (χ0) is 15.8. The summed E-state index contributed by atoms with van der Waals surface area (Å²) in [7, 11) is 0. The van der Waals surface area contributed by atoms with Gasteiger partial charge in [-0.15, -0.1) is 0 Å². The first-order valence-electron chi connectivity index (χ1n) is 7.96. The second-order valence-corrected chi connectivity index (χ2v) is 6.12. The van der Waals surface area contributed by atoms with Gasteiger partial charge < -0.3 is 10.1 Å². The zero-order valence-corrected chi connectivity index (χ0v) is 12.6. The molecule has 1 N–H and O–H groups in total. The number of anilines is 1. The molecule has 2 aromatic carbocycles. The van der Waals surface area contributed by atoms with Gasteiger partial charge in [-0.1, -0.05) is 36.4 Å². The van der Waals surface area contributed by atoms with E-state index in [1.54, 1.807) is 12.1 Å². The number of hydrogen-bond acceptors (Lipinski definition) is 4. The molecule has 2 aliphatic heterocycles. The van der Waals surface area contributed by atoms with Crippen molar-refractivity contribution in [2.75, 3.05) is 11.9 Å². The SMILES string of the molecule is O=[N+]([O-])c1ccccc1[C@H]1Nc2ccccc2[C@H]2OCCC[C@@H]12. The topological polar surface area (TPSA) is 64.4 Å². The standard InChI is InChI=1S/C18H18N2O3/c21-20(22)16-10-4-2-7-13(16)17-14-8-5-11-23-18(14)12-6-1-3-9-15(12)19-17/h1-4,6-7,9-10,14,17-19H,5,8,11H2/t14-,17+,18+/m0/s1. The van der Waals surface area contributed by atoms with E-state index in [4.69, 9.17) is 4.74 Å². The van der Waals surface area contributed by atoms with Crippen LogP contribution in [0.5, 0.6) is 0 Å². The molecule has 0 bridgehead atoms. The summed E-state index contributed by atoms with van der Waals surface area (Å²) in [6.45, 7) is 0.749. The Kier molecular flexibility index (Phi) is 3.50. The molecule has 1 fully saturated rings. The molecule has 5 heteroatoms. The maximum atomic E-state index is 11.4. The third-order valence-electron chi connectivity index (χ3n) is 4.84. The first-order valence-corrected chi connectivity index (χ1v) is 7.96. The van der Waals surface area contributed by atoms with Gasteiger partial charge in [-0.2, -0.15) is 0 Å². The van der Waals surface area contributed by atoms with Gasteiger partial charge in [0.15, 0.2) is 0 Å². The lowest BCUT2D eigenvalue weighted by Crippen LogP contribution is -2.36. The number of nitro benzene ring substituents is 1. The number of fused-ring (bicyclic) bond motifs is 3. The molecule has 2 aliphatic rings. The van der Waals surface area contributed by atoms with Crippen molar-refractivity contribution < 1.29 is 9.66 Å². The molecule has 0 saturated carbocycles. The van der Waals surface area contributed by atoms with Crippen molar-refractivity contribution in [3.63, 3.8) is 0 Å². The Morgan fingerprint density at radius 2 is 1.83 bits per heavy atom. The number of rotatable bonds is 2. The molecule has 0 radical (unpaired) electrons. The molecule has 2 heterocycles. The summed E-state index contributed by atoms with van der Waals surface area (Å²) in [5.41, 5.74) is 3.09. The number of nitrogens with one attached hydrogen (secondary N) is 1. The third-order valence-corrected chi connectivity index (χ3v) is 4.84. The Morgan fingerprint density at radius 1 is 1.09 bits per heavy atom. The predicted octanol–water partition coefficient (Wildman–Crippen LogP) is 4.23. The van der Waals surface area contributed by atoms with E-state index in [9.17, 15) is 10.1 Å². The highest BCUT2D eigenvalue weighted by atomic mass is 16.6. The first-order chi connectivity index (χ1) is 11.3. The highest BCUT2D eigenvalue weighted by Crippen LogP contribution is 2.50. The fraction of sp³-hybridized carbons (Fsp3) is 0.333. The fourth-order valence-corrected chi connectivity index (χ4v) is 3.84. The van der Waals surface area contributed by atoms with Crippen LogP contribution in [0, 0.1) is 16.0 Å². The molecule has 1 saturated heterocycles. The van der Waals surface area contributed by atoms with Crippen LogP contribution < -0.4 is 5.32 Å². The van der Waals surface area contributed by atoms with Gasteiger partial charge in [-0.25, -0.2) is 0 Å². The van der Waals surface area contributed by atoms with Crippen molar-refractivity contribution in [2.24, 2.45) is 5.92 Å². The number of nitro groups is 1. The van der Waals surface area contributed by atoms with Crippen molar-refractivity contribution in [2.45, 2.75) is 25.0 Å². The zero-order valence-electron chi connectivity index (χ0n) is 12.6. The van der Waals surface area contributed by atoms with Crippen LogP contribution in [0.15, 0.2) is 48.5 Å². The van der Waals surface area contributed by atoms with E-state index in [0.717, 1.165) is 36.3 Å². The molecule has 23 heavy (non-hydrogen) atoms. The van der Waals surface area contributed by atoms with Crippen molar-refractivity contribution in [3.8, 4) is 0 Å². The van der Waals surface area contributed by atoms with Gasteiger partial charge in [0, 0.05) is 29.8 Å². The first kappa shape index (κ1) is 14.2. The summed E-state index contributed by atoms with van der Waals surface area (Å²) in [6, 6.07) is 15.0. The van der Waals surface area contributed by atoms with Gasteiger partial charge in [0.2, 0.25) is 0 Å². The molecule has 0 unspecified atom stereocenters. The van der Waals surface area contributed by atoms with E-state index in [1.807, 2.05) is 30.3 Å². The van der Waals surface area contributed by atoms with Crippen LogP contribution in [0.25, 0.3) is 0 Å². The molecular formula is C18H18N2O3. The van der Waals surface area contributed by atoms with Gasteiger partial charge in [-0.3, -0.25) is 10.1 Å². The summed E-state index contributed by atoms with van der Waals surface area (Å²) in [5.74, 6) is 0.208. The average molecular weight is 310 g/mol. The van der Waals surface area contributed by atoms with Crippen molar-refractivity contribution >= 4 is 11.4 Å². The summed E-state index contributed by atoms with van der Waals surface area (Å²) < 4.78 is 6.05. The van der Waals surface area contributed by atoms with Gasteiger partial charge in [-0.05, 0) is 18.9 Å². The second-order valence-electron chi connectivity index (χ2n) is 6.12. The van der Waals surface area contributed by atoms with E-state index in [0.29, 0.717) is 0 Å². The minimum absolute atomic E-state index is 0.00557. The quantitative estimate of drug-likeness (QED) is 0.666. The highest BCUT2D eigenvalue weighted by molar-refractivity contribution is 5.58. The highest BCUT2D eigenvalue weighted by Gasteiger charge is 2.41. The van der Waals surface area contributed by atoms with Gasteiger partial charge in [0.25, 0.3) is 5.69 Å². The minimum Gasteiger partial charge on any atom is -0.377 e. The van der Waals surface area contributed by atoms with E-state index in [1.165, 1.54) is 0 Å². The van der Waals surface area contributed by atoms with Crippen LogP contribution in [0.2, 0.25) is 0 Å². The summed E-state index contributed by atoms with van der Waals surface area (Å²) in [6.07, 6.45) is 2.00. The third kappa shape index (κ3) is 2.37. The number of para-hydroxylation sites is 2. The number of benzene rings is 2. The molecule has 0 amide bonds. The van der Waals surface area contributed by atoms with Crippen LogP contribution >= 0.6 is 0 Å². The van der Waals surface area contributed by atoms with Crippen LogP contribution in [0.4, 0.5) is 11.4 Å². The second kappa shape index (κ2) is 5.66. The Labute approximate surface area is 134 Å². The van der Waals surface area contributed by atoms with Crippen LogP contribution in [-0.4, -0.2) is 11.5 Å². The average Bonchev–Trinajstić information content (AvgIpc) is 2.61. The molecule has 3 atom stereocenters. The summed E-state index contributed by atoms with van der Waals surface area (Å²) >= 11 is 0. The molecule has 5 nitrogen and oxygen atoms in total. The van der Waals surface area contributed by atoms with Crippen molar-refractivity contribution in [1.29, 1.82) is 0 Å². The number of ether oxygens (including phenoxy) is 1. The molecule has 4 rings (SSSR count). The van der Waals surface area contributed by atoms with Crippen LogP contribution in [-0.2, 0) is 4.74 Å². The molecule has 0 aromatic heterocycles. The molecule has 118 valence electrons. The Balaban J connectivity index is 1.82. The van der Waals surface area contributed by atoms with Gasteiger partial charge in [0.05, 0.1) is 22.6 Å². The largest absolute Gasteiger partial charge is 0.377 e. The maximum absolute atomic E-state index is 11.4. The smallest absolute Gasteiger partial charge is 0.274 e. The van der Waals surface area contributed by atoms with E-state index in [2.05, 4.69) is 11.4 Å². The molecule has 2 aromatic rings. The lowest BCUT2D eigenvalue weighted by molar-refractivity contribution is -0.385.